The standard InChI is InChI=1S/C18H30N2O.ClH.Ti/c1-2-9-18-19(16-10-5-3-6-11-16)14-15-20(18,21)17-12-7-4-8-13-17;;/h2,14-18H,1,3-13H2;1H;/q;;+1/p-1. The molecule has 1 aliphatic heterocycles. The predicted octanol–water partition coefficient (Wildman–Crippen LogP) is 5.34. The molecular formula is C18H30ClN2OTi. The summed E-state index contributed by atoms with van der Waals surface area (Å²) < 4.78 is -0.109. The Morgan fingerprint density at radius 1 is 1.09 bits per heavy atom. The van der Waals surface area contributed by atoms with E-state index in [2.05, 4.69) is 27.0 Å². The molecule has 2 saturated carbocycles. The molecule has 2 unspecified atom stereocenters. The summed E-state index contributed by atoms with van der Waals surface area (Å²) in [5.41, 5.74) is 0. The van der Waals surface area contributed by atoms with E-state index in [1.54, 1.807) is 0 Å². The fourth-order valence-electron chi connectivity index (χ4n) is 4.62. The van der Waals surface area contributed by atoms with Gasteiger partial charge in [-0.3, -0.25) is 0 Å². The average molecular weight is 374 g/mol. The van der Waals surface area contributed by atoms with Crippen LogP contribution in [0.4, 0.5) is 0 Å². The summed E-state index contributed by atoms with van der Waals surface area (Å²) in [5.74, 6) is 0. The van der Waals surface area contributed by atoms with Crippen LogP contribution >= 0.6 is 9.30 Å². The summed E-state index contributed by atoms with van der Waals surface area (Å²) >= 11 is 1.47. The molecule has 2 aliphatic carbocycles. The molecule has 0 aromatic rings. The Kier molecular flexibility index (Phi) is 8.17. The summed E-state index contributed by atoms with van der Waals surface area (Å²) in [6.07, 6.45) is 19.3. The first-order chi connectivity index (χ1) is 11.3. The Bertz CT molecular complexity index is 394. The fourth-order valence-corrected chi connectivity index (χ4v) is 4.62. The second-order valence-corrected chi connectivity index (χ2v) is 7.10. The molecule has 23 heavy (non-hydrogen) atoms. The Balaban J connectivity index is 0.000000924. The summed E-state index contributed by atoms with van der Waals surface area (Å²) in [6, 6.07) is 0.853. The number of hydrogen-bond donors (Lipinski definition) is 0. The minimum absolute atomic E-state index is 0.0497. The normalized spacial score (nSPS) is 32.4. The van der Waals surface area contributed by atoms with Crippen LogP contribution in [0.5, 0.6) is 0 Å². The van der Waals surface area contributed by atoms with Gasteiger partial charge in [0.25, 0.3) is 0 Å². The zero-order chi connectivity index (χ0) is 16.7. The maximum atomic E-state index is 13.6. The van der Waals surface area contributed by atoms with E-state index in [1.165, 1.54) is 70.7 Å². The first-order valence-electron chi connectivity index (χ1n) is 9.11. The Morgan fingerprint density at radius 3 is 2.22 bits per heavy atom. The number of hydroxylamine groups is 3. The van der Waals surface area contributed by atoms with E-state index in [0.29, 0.717) is 6.04 Å². The first-order valence-corrected chi connectivity index (χ1v) is 11.3. The monoisotopic (exact) mass is 373 g/mol. The van der Waals surface area contributed by atoms with E-state index in [9.17, 15) is 5.21 Å². The van der Waals surface area contributed by atoms with E-state index in [-0.39, 0.29) is 16.9 Å². The van der Waals surface area contributed by atoms with Gasteiger partial charge in [0.05, 0.1) is 12.2 Å². The predicted molar refractivity (Wildman–Crippen MR) is 92.8 cm³/mol. The average Bonchev–Trinajstić information content (AvgIpc) is 2.97. The van der Waals surface area contributed by atoms with Crippen molar-refractivity contribution >= 4 is 9.30 Å². The van der Waals surface area contributed by atoms with Crippen molar-refractivity contribution in [3.63, 3.8) is 0 Å². The van der Waals surface area contributed by atoms with Crippen LogP contribution in [-0.2, 0) is 19.4 Å². The van der Waals surface area contributed by atoms with Crippen LogP contribution in [0.15, 0.2) is 25.1 Å². The van der Waals surface area contributed by atoms with Crippen molar-refractivity contribution in [1.29, 1.82) is 0 Å². The molecule has 1 heterocycles. The SMILES string of the molecule is C=CCC1N(C2CCCCC2)C=C[N+]1([O-])C1CCCCC1.[Cl][Ti]. The van der Waals surface area contributed by atoms with Crippen LogP contribution < -0.4 is 0 Å². The van der Waals surface area contributed by atoms with Crippen LogP contribution in [0.1, 0.15) is 70.6 Å². The molecule has 3 nitrogen and oxygen atoms in total. The topological polar surface area (TPSA) is 26.3 Å². The summed E-state index contributed by atoms with van der Waals surface area (Å²) in [7, 11) is 4.64. The molecule has 129 valence electrons. The molecule has 2 atom stereocenters. The van der Waals surface area contributed by atoms with Crippen LogP contribution in [0.3, 0.4) is 0 Å². The Hall–Kier alpha value is 0.204. The number of hydrogen-bond acceptors (Lipinski definition) is 2. The number of nitrogens with zero attached hydrogens (tertiary/aromatic N) is 2. The van der Waals surface area contributed by atoms with E-state index < -0.39 is 0 Å². The molecule has 0 aromatic carbocycles. The van der Waals surface area contributed by atoms with E-state index in [1.807, 2.05) is 12.3 Å². The van der Waals surface area contributed by atoms with Gasteiger partial charge in [0.2, 0.25) is 0 Å². The molecule has 3 aliphatic rings. The van der Waals surface area contributed by atoms with Crippen molar-refractivity contribution in [2.75, 3.05) is 0 Å². The second kappa shape index (κ2) is 9.63. The van der Waals surface area contributed by atoms with Gasteiger partial charge in [-0.1, -0.05) is 31.8 Å². The molecule has 2 fully saturated rings. The van der Waals surface area contributed by atoms with Crippen LogP contribution in [0, 0.1) is 5.21 Å². The minimum atomic E-state index is -0.109. The van der Waals surface area contributed by atoms with Gasteiger partial charge in [-0.15, -0.1) is 6.58 Å². The van der Waals surface area contributed by atoms with Crippen molar-refractivity contribution in [3.05, 3.63) is 30.3 Å². The van der Waals surface area contributed by atoms with E-state index >= 15 is 0 Å². The molecule has 3 rings (SSSR count). The van der Waals surface area contributed by atoms with Crippen molar-refractivity contribution in [1.82, 2.24) is 4.90 Å². The zero-order valence-corrected chi connectivity index (χ0v) is 16.4. The maximum absolute atomic E-state index is 13.6. The van der Waals surface area contributed by atoms with Crippen molar-refractivity contribution in [2.45, 2.75) is 88.9 Å². The van der Waals surface area contributed by atoms with Gasteiger partial charge < -0.3 is 14.8 Å². The quantitative estimate of drug-likeness (QED) is 0.288. The summed E-state index contributed by atoms with van der Waals surface area (Å²) in [5, 5.41) is 13.6. The molecule has 0 saturated heterocycles. The number of halogens is 1. The molecule has 0 aromatic heterocycles. The molecule has 0 spiro atoms. The third kappa shape index (κ3) is 4.44. The van der Waals surface area contributed by atoms with Gasteiger partial charge >= 0.3 is 28.7 Å². The molecular weight excluding hydrogens is 344 g/mol. The summed E-state index contributed by atoms with van der Waals surface area (Å²) in [6.45, 7) is 3.91. The van der Waals surface area contributed by atoms with E-state index in [4.69, 9.17) is 0 Å². The van der Waals surface area contributed by atoms with Crippen LogP contribution in [0.25, 0.3) is 0 Å². The Labute approximate surface area is 157 Å². The second-order valence-electron chi connectivity index (χ2n) is 7.10. The number of quaternary nitrogens is 1. The molecule has 5 heteroatoms. The molecule has 0 amide bonds. The van der Waals surface area contributed by atoms with Gasteiger partial charge in [-0.05, 0) is 25.7 Å². The van der Waals surface area contributed by atoms with Crippen molar-refractivity contribution in [2.24, 2.45) is 0 Å². The first kappa shape index (κ1) is 19.5. The summed E-state index contributed by atoms with van der Waals surface area (Å²) in [4.78, 5) is 2.41. The third-order valence-corrected chi connectivity index (χ3v) is 5.80. The van der Waals surface area contributed by atoms with Gasteiger partial charge in [0, 0.05) is 25.3 Å². The molecule has 0 N–H and O–H groups in total. The molecule has 0 radical (unpaired) electrons. The third-order valence-electron chi connectivity index (χ3n) is 5.80. The van der Waals surface area contributed by atoms with Crippen LogP contribution in [0.2, 0.25) is 0 Å². The number of rotatable bonds is 4. The van der Waals surface area contributed by atoms with Gasteiger partial charge in [0.15, 0.2) is 6.17 Å². The van der Waals surface area contributed by atoms with Gasteiger partial charge in [-0.2, -0.15) is 0 Å². The van der Waals surface area contributed by atoms with Crippen molar-refractivity contribution < 1.29 is 24.0 Å². The Morgan fingerprint density at radius 2 is 1.65 bits per heavy atom. The fraction of sp³-hybridized carbons (Fsp3) is 0.778. The van der Waals surface area contributed by atoms with E-state index in [0.717, 1.165) is 19.3 Å². The van der Waals surface area contributed by atoms with Crippen LogP contribution in [-0.4, -0.2) is 27.8 Å². The van der Waals surface area contributed by atoms with Crippen molar-refractivity contribution in [3.8, 4) is 0 Å². The van der Waals surface area contributed by atoms with Gasteiger partial charge in [0.1, 0.15) is 6.20 Å². The molecule has 0 bridgehead atoms. The van der Waals surface area contributed by atoms with Gasteiger partial charge in [-0.25, -0.2) is 0 Å². The zero-order valence-electron chi connectivity index (χ0n) is 14.1.